The van der Waals surface area contributed by atoms with Gasteiger partial charge in [-0.3, -0.25) is 9.78 Å². The second kappa shape index (κ2) is 4.45. The van der Waals surface area contributed by atoms with E-state index in [9.17, 15) is 4.79 Å². The van der Waals surface area contributed by atoms with Gasteiger partial charge in [-0.05, 0) is 24.3 Å². The molecule has 2 heterocycles. The summed E-state index contributed by atoms with van der Waals surface area (Å²) in [6.07, 6.45) is 1.60. The third-order valence-corrected chi connectivity index (χ3v) is 2.72. The van der Waals surface area contributed by atoms with Crippen molar-refractivity contribution in [1.82, 2.24) is 4.98 Å². The summed E-state index contributed by atoms with van der Waals surface area (Å²) in [5.74, 6) is -0.306. The lowest BCUT2D eigenvalue weighted by Crippen LogP contribution is -2.12. The summed E-state index contributed by atoms with van der Waals surface area (Å²) < 4.78 is 5.43. The number of anilines is 2. The van der Waals surface area contributed by atoms with E-state index in [4.69, 9.17) is 10.2 Å². The molecule has 0 aliphatic carbocycles. The quantitative estimate of drug-likeness (QED) is 0.735. The third-order valence-electron chi connectivity index (χ3n) is 2.72. The number of amides is 1. The zero-order valence-corrected chi connectivity index (χ0v) is 9.96. The van der Waals surface area contributed by atoms with Gasteiger partial charge in [0.15, 0.2) is 5.58 Å². The molecule has 5 nitrogen and oxygen atoms in total. The number of carbonyl (C=O) groups is 1. The summed E-state index contributed by atoms with van der Waals surface area (Å²) in [4.78, 5) is 16.2. The molecule has 3 N–H and O–H groups in total. The Morgan fingerprint density at radius 3 is 2.68 bits per heavy atom. The molecule has 3 rings (SSSR count). The van der Waals surface area contributed by atoms with Crippen LogP contribution in [0.25, 0.3) is 11.1 Å². The third kappa shape index (κ3) is 2.01. The molecule has 3 aromatic rings. The number of benzene rings is 1. The Kier molecular flexibility index (Phi) is 2.64. The lowest BCUT2D eigenvalue weighted by atomic mass is 10.3. The van der Waals surface area contributed by atoms with Gasteiger partial charge in [0.1, 0.15) is 11.2 Å². The molecule has 2 aromatic heterocycles. The lowest BCUT2D eigenvalue weighted by molar-refractivity contribution is 0.1000. The average molecular weight is 253 g/mol. The zero-order valence-electron chi connectivity index (χ0n) is 9.96. The highest BCUT2D eigenvalue weighted by atomic mass is 16.3. The number of fused-ring (bicyclic) bond motifs is 1. The molecule has 0 bridgehead atoms. The Bertz CT molecular complexity index is 735. The van der Waals surface area contributed by atoms with Crippen molar-refractivity contribution in [1.29, 1.82) is 0 Å². The number of rotatable bonds is 2. The Morgan fingerprint density at radius 1 is 1.16 bits per heavy atom. The van der Waals surface area contributed by atoms with Gasteiger partial charge >= 0.3 is 0 Å². The first kappa shape index (κ1) is 11.3. The smallest absolute Gasteiger partial charge is 0.293 e. The minimum Gasteiger partial charge on any atom is -0.447 e. The zero-order chi connectivity index (χ0) is 13.2. The van der Waals surface area contributed by atoms with Crippen molar-refractivity contribution < 1.29 is 9.21 Å². The molecule has 1 amide bonds. The van der Waals surface area contributed by atoms with Crippen LogP contribution in [0.3, 0.4) is 0 Å². The van der Waals surface area contributed by atoms with Crippen LogP contribution in [0.15, 0.2) is 53.1 Å². The Morgan fingerprint density at radius 2 is 1.95 bits per heavy atom. The summed E-state index contributed by atoms with van der Waals surface area (Å²) in [6.45, 7) is 0. The molecule has 0 fully saturated rings. The number of furan rings is 1. The van der Waals surface area contributed by atoms with E-state index in [-0.39, 0.29) is 17.4 Å². The number of pyridine rings is 1. The van der Waals surface area contributed by atoms with Crippen LogP contribution in [0.1, 0.15) is 10.6 Å². The van der Waals surface area contributed by atoms with Crippen molar-refractivity contribution in [2.75, 3.05) is 11.1 Å². The number of nitrogens with two attached hydrogens (primary N) is 1. The van der Waals surface area contributed by atoms with E-state index in [0.29, 0.717) is 16.8 Å². The highest BCUT2D eigenvalue weighted by molar-refractivity contribution is 6.10. The van der Waals surface area contributed by atoms with E-state index < -0.39 is 0 Å². The number of carbonyl (C=O) groups excluding carboxylic acids is 1. The molecule has 0 aliphatic rings. The summed E-state index contributed by atoms with van der Waals surface area (Å²) in [5, 5.41) is 2.72. The summed E-state index contributed by atoms with van der Waals surface area (Å²) in [5.41, 5.74) is 7.81. The van der Waals surface area contributed by atoms with Gasteiger partial charge in [0.05, 0.1) is 0 Å². The largest absolute Gasteiger partial charge is 0.447 e. The Hall–Kier alpha value is -2.82. The fourth-order valence-corrected chi connectivity index (χ4v) is 1.83. The highest BCUT2D eigenvalue weighted by Crippen LogP contribution is 2.26. The van der Waals surface area contributed by atoms with Gasteiger partial charge in [-0.2, -0.15) is 0 Å². The van der Waals surface area contributed by atoms with Crippen LogP contribution in [-0.2, 0) is 0 Å². The van der Waals surface area contributed by atoms with Crippen LogP contribution in [0.2, 0.25) is 0 Å². The predicted octanol–water partition coefficient (Wildman–Crippen LogP) is 2.66. The first-order valence-corrected chi connectivity index (χ1v) is 5.75. The average Bonchev–Trinajstić information content (AvgIpc) is 2.78. The fraction of sp³-hybridized carbons (Fsp3) is 0. The molecular formula is C14H11N3O2. The molecule has 0 radical (unpaired) electrons. The second-order valence-electron chi connectivity index (χ2n) is 4.02. The predicted molar refractivity (Wildman–Crippen MR) is 72.8 cm³/mol. The number of hydrogen-bond acceptors (Lipinski definition) is 4. The maximum atomic E-state index is 12.1. The van der Waals surface area contributed by atoms with Crippen LogP contribution in [0.5, 0.6) is 0 Å². The number of nitrogen functional groups attached to an aromatic ring is 1. The van der Waals surface area contributed by atoms with E-state index in [1.165, 1.54) is 0 Å². The molecule has 0 atom stereocenters. The van der Waals surface area contributed by atoms with Crippen LogP contribution in [-0.4, -0.2) is 10.9 Å². The van der Waals surface area contributed by atoms with Crippen LogP contribution < -0.4 is 11.1 Å². The van der Waals surface area contributed by atoms with Gasteiger partial charge in [0, 0.05) is 11.9 Å². The Balaban J connectivity index is 1.96. The summed E-state index contributed by atoms with van der Waals surface area (Å²) in [6, 6.07) is 12.6. The lowest BCUT2D eigenvalue weighted by Gasteiger charge is -2.02. The van der Waals surface area contributed by atoms with Crippen molar-refractivity contribution in [3.8, 4) is 0 Å². The molecule has 5 heteroatoms. The molecule has 19 heavy (non-hydrogen) atoms. The highest BCUT2D eigenvalue weighted by Gasteiger charge is 2.19. The Labute approximate surface area is 109 Å². The van der Waals surface area contributed by atoms with Gasteiger partial charge in [-0.1, -0.05) is 18.2 Å². The van der Waals surface area contributed by atoms with Gasteiger partial charge in [0.25, 0.3) is 5.91 Å². The summed E-state index contributed by atoms with van der Waals surface area (Å²) >= 11 is 0. The number of aromatic nitrogens is 1. The van der Waals surface area contributed by atoms with Gasteiger partial charge < -0.3 is 15.5 Å². The fourth-order valence-electron chi connectivity index (χ4n) is 1.83. The van der Waals surface area contributed by atoms with Crippen LogP contribution in [0.4, 0.5) is 11.4 Å². The van der Waals surface area contributed by atoms with E-state index in [1.54, 1.807) is 30.5 Å². The second-order valence-corrected chi connectivity index (χ2v) is 4.02. The van der Waals surface area contributed by atoms with E-state index in [2.05, 4.69) is 10.3 Å². The first-order chi connectivity index (χ1) is 9.25. The molecule has 0 aliphatic heterocycles. The number of nitrogens with one attached hydrogen (secondary N) is 1. The van der Waals surface area contributed by atoms with E-state index in [0.717, 1.165) is 0 Å². The first-order valence-electron chi connectivity index (χ1n) is 5.75. The van der Waals surface area contributed by atoms with Gasteiger partial charge in [-0.25, -0.2) is 0 Å². The minimum atomic E-state index is -0.387. The number of para-hydroxylation sites is 1. The molecule has 1 aromatic carbocycles. The van der Waals surface area contributed by atoms with Crippen molar-refractivity contribution in [2.24, 2.45) is 0 Å². The van der Waals surface area contributed by atoms with Crippen molar-refractivity contribution >= 4 is 28.4 Å². The van der Waals surface area contributed by atoms with Crippen molar-refractivity contribution in [3.05, 3.63) is 54.4 Å². The monoisotopic (exact) mass is 253 g/mol. The van der Waals surface area contributed by atoms with Crippen LogP contribution in [0, 0.1) is 0 Å². The number of hydrogen-bond donors (Lipinski definition) is 2. The topological polar surface area (TPSA) is 81.2 Å². The van der Waals surface area contributed by atoms with Crippen molar-refractivity contribution in [2.45, 2.75) is 0 Å². The summed E-state index contributed by atoms with van der Waals surface area (Å²) in [7, 11) is 0. The van der Waals surface area contributed by atoms with Gasteiger partial charge in [0.2, 0.25) is 5.76 Å². The minimum absolute atomic E-state index is 0.0811. The SMILES string of the molecule is Nc1c(C(=O)Nc2ccccc2)oc2cccnc12. The molecule has 0 saturated heterocycles. The molecule has 0 spiro atoms. The molecule has 94 valence electrons. The molecule has 0 unspecified atom stereocenters. The normalized spacial score (nSPS) is 10.5. The maximum absolute atomic E-state index is 12.1. The van der Waals surface area contributed by atoms with Crippen LogP contribution >= 0.6 is 0 Å². The van der Waals surface area contributed by atoms with Gasteiger partial charge in [-0.15, -0.1) is 0 Å². The maximum Gasteiger partial charge on any atom is 0.293 e. The number of nitrogens with zero attached hydrogens (tertiary/aromatic N) is 1. The van der Waals surface area contributed by atoms with Crippen molar-refractivity contribution in [3.63, 3.8) is 0 Å². The van der Waals surface area contributed by atoms with E-state index >= 15 is 0 Å². The molecular weight excluding hydrogens is 242 g/mol. The standard InChI is InChI=1S/C14H11N3O2/c15-11-12-10(7-4-8-16-12)19-13(11)14(18)17-9-5-2-1-3-6-9/h1-8H,15H2,(H,17,18). The van der Waals surface area contributed by atoms with E-state index in [1.807, 2.05) is 18.2 Å². The molecule has 0 saturated carbocycles.